The quantitative estimate of drug-likeness (QED) is 0.203. The lowest BCUT2D eigenvalue weighted by atomic mass is 9.94. The van der Waals surface area contributed by atoms with E-state index in [9.17, 15) is 14.7 Å². The van der Waals surface area contributed by atoms with Crippen LogP contribution in [0.2, 0.25) is 5.02 Å². The van der Waals surface area contributed by atoms with Crippen LogP contribution in [-0.4, -0.2) is 31.5 Å². The van der Waals surface area contributed by atoms with Gasteiger partial charge in [0.15, 0.2) is 0 Å². The van der Waals surface area contributed by atoms with E-state index < -0.39 is 5.97 Å². The van der Waals surface area contributed by atoms with Gasteiger partial charge in [0.2, 0.25) is 0 Å². The predicted molar refractivity (Wildman–Crippen MR) is 152 cm³/mol. The van der Waals surface area contributed by atoms with Gasteiger partial charge >= 0.3 is 5.97 Å². The van der Waals surface area contributed by atoms with Crippen molar-refractivity contribution in [3.63, 3.8) is 0 Å². The maximum Gasteiger partial charge on any atom is 0.335 e. The highest BCUT2D eigenvalue weighted by Gasteiger charge is 2.23. The van der Waals surface area contributed by atoms with Crippen LogP contribution in [0.15, 0.2) is 72.9 Å². The molecule has 1 amide bonds. The molecule has 0 saturated heterocycles. The number of nitrogens with one attached hydrogen (secondary N) is 2. The number of aromatic carboxylic acids is 1. The zero-order valence-electron chi connectivity index (χ0n) is 21.0. The highest BCUT2D eigenvalue weighted by molar-refractivity contribution is 6.31. The van der Waals surface area contributed by atoms with Crippen LogP contribution in [0.3, 0.4) is 0 Å². The summed E-state index contributed by atoms with van der Waals surface area (Å²) >= 11 is 6.07. The first-order valence-corrected chi connectivity index (χ1v) is 13.3. The van der Waals surface area contributed by atoms with Gasteiger partial charge in [0, 0.05) is 33.8 Å². The van der Waals surface area contributed by atoms with Crippen molar-refractivity contribution in [1.82, 2.24) is 20.0 Å². The number of anilines is 1. The van der Waals surface area contributed by atoms with Crippen molar-refractivity contribution >= 4 is 51.1 Å². The number of nitrogens with zero attached hydrogens (tertiary/aromatic N) is 3. The summed E-state index contributed by atoms with van der Waals surface area (Å²) in [6.07, 6.45) is 7.30. The fourth-order valence-corrected chi connectivity index (χ4v) is 5.51. The second-order valence-electron chi connectivity index (χ2n) is 9.78. The minimum Gasteiger partial charge on any atom is -0.478 e. The number of halogens is 1. The summed E-state index contributed by atoms with van der Waals surface area (Å²) < 4.78 is 2.25. The molecular weight excluding hydrogens is 514 g/mol. The normalized spacial score (nSPS) is 14.0. The highest BCUT2D eigenvalue weighted by Crippen LogP contribution is 2.36. The summed E-state index contributed by atoms with van der Waals surface area (Å²) in [5, 5.41) is 10.9. The third kappa shape index (κ3) is 4.91. The van der Waals surface area contributed by atoms with Crippen LogP contribution in [0.25, 0.3) is 33.3 Å². The van der Waals surface area contributed by atoms with E-state index in [1.54, 1.807) is 48.7 Å². The Kier molecular flexibility index (Phi) is 6.62. The molecule has 2 aromatic heterocycles. The van der Waals surface area contributed by atoms with E-state index in [1.807, 2.05) is 24.3 Å². The summed E-state index contributed by atoms with van der Waals surface area (Å²) in [7, 11) is 0. The molecule has 1 saturated carbocycles. The molecule has 0 atom stereocenters. The number of carboxylic acid groups (broad SMARTS) is 1. The predicted octanol–water partition coefficient (Wildman–Crippen LogP) is 6.87. The molecule has 0 unspecified atom stereocenters. The second-order valence-corrected chi connectivity index (χ2v) is 10.2. The molecule has 1 aliphatic rings. The molecule has 196 valence electrons. The van der Waals surface area contributed by atoms with E-state index in [0.29, 0.717) is 27.8 Å². The number of imidazole rings is 1. The number of carbonyl (C=O) groups excluding carboxylic acids is 1. The van der Waals surface area contributed by atoms with Crippen molar-refractivity contribution in [3.8, 4) is 11.4 Å². The van der Waals surface area contributed by atoms with Crippen LogP contribution in [0.4, 0.5) is 5.69 Å². The lowest BCUT2D eigenvalue weighted by Gasteiger charge is -2.25. The third-order valence-corrected chi connectivity index (χ3v) is 7.53. The molecule has 6 rings (SSSR count). The summed E-state index contributed by atoms with van der Waals surface area (Å²) in [5.41, 5.74) is 10.3. The van der Waals surface area contributed by atoms with E-state index in [0.717, 1.165) is 53.5 Å². The average molecular weight is 540 g/mol. The monoisotopic (exact) mass is 539 g/mol. The lowest BCUT2D eigenvalue weighted by molar-refractivity contribution is 0.0696. The Morgan fingerprint density at radius 1 is 0.897 bits per heavy atom. The molecule has 0 bridgehead atoms. The largest absolute Gasteiger partial charge is 0.478 e. The van der Waals surface area contributed by atoms with Gasteiger partial charge in [-0.1, -0.05) is 43.0 Å². The molecule has 3 N–H and O–H groups in total. The molecule has 39 heavy (non-hydrogen) atoms. The average Bonchev–Trinajstić information content (AvgIpc) is 3.35. The molecule has 0 spiro atoms. The van der Waals surface area contributed by atoms with Crippen LogP contribution in [0, 0.1) is 0 Å². The molecule has 5 aromatic rings. The Hall–Kier alpha value is -4.43. The Labute approximate surface area is 229 Å². The topological polar surface area (TPSA) is 109 Å². The summed E-state index contributed by atoms with van der Waals surface area (Å²) in [4.78, 5) is 33.7. The molecule has 1 aliphatic carbocycles. The number of aromatic nitrogens is 3. The molecule has 3 aromatic carbocycles. The van der Waals surface area contributed by atoms with Gasteiger partial charge in [0.25, 0.3) is 5.91 Å². The van der Waals surface area contributed by atoms with Crippen LogP contribution in [0.5, 0.6) is 0 Å². The molecule has 1 fully saturated rings. The van der Waals surface area contributed by atoms with Gasteiger partial charge in [-0.25, -0.2) is 9.78 Å². The number of pyridine rings is 1. The number of rotatable bonds is 6. The van der Waals surface area contributed by atoms with Gasteiger partial charge < -0.3 is 9.67 Å². The third-order valence-electron chi connectivity index (χ3n) is 7.30. The number of benzene rings is 3. The van der Waals surface area contributed by atoms with Gasteiger partial charge in [0.05, 0.1) is 27.8 Å². The number of hydrogen-bond donors (Lipinski definition) is 3. The van der Waals surface area contributed by atoms with Crippen LogP contribution >= 0.6 is 11.6 Å². The standard InChI is InChI=1S/C30H26ClN5O3/c31-21-11-12-23-24(14-15-32-25(23)17-21)34-35-29(37)19-8-6-18(7-9-19)28-33-26-16-20(30(38)39)10-13-27(26)36(28)22-4-2-1-3-5-22/h6-17,22H,1-5H2,(H,32,34)(H,35,37)(H,38,39). The Bertz CT molecular complexity index is 1710. The number of hydrogen-bond acceptors (Lipinski definition) is 5. The minimum absolute atomic E-state index is 0.215. The van der Waals surface area contributed by atoms with E-state index in [4.69, 9.17) is 16.6 Å². The molecule has 8 nitrogen and oxygen atoms in total. The number of amides is 1. The zero-order chi connectivity index (χ0) is 26.9. The van der Waals surface area contributed by atoms with E-state index in [1.165, 1.54) is 6.42 Å². The van der Waals surface area contributed by atoms with E-state index in [2.05, 4.69) is 20.4 Å². The van der Waals surface area contributed by atoms with Crippen molar-refractivity contribution in [3.05, 3.63) is 89.1 Å². The van der Waals surface area contributed by atoms with Crippen molar-refractivity contribution in [2.45, 2.75) is 38.1 Å². The molecule has 2 heterocycles. The summed E-state index contributed by atoms with van der Waals surface area (Å²) in [6, 6.07) is 19.9. The summed E-state index contributed by atoms with van der Waals surface area (Å²) in [6.45, 7) is 0. The maximum atomic E-state index is 12.9. The molecule has 9 heteroatoms. The second kappa shape index (κ2) is 10.4. The number of hydrazine groups is 1. The highest BCUT2D eigenvalue weighted by atomic mass is 35.5. The first-order chi connectivity index (χ1) is 19.0. The van der Waals surface area contributed by atoms with Gasteiger partial charge in [-0.15, -0.1) is 0 Å². The Morgan fingerprint density at radius 2 is 1.67 bits per heavy atom. The van der Waals surface area contributed by atoms with Crippen molar-refractivity contribution in [2.24, 2.45) is 0 Å². The number of carboxylic acids is 1. The van der Waals surface area contributed by atoms with Crippen LogP contribution in [-0.2, 0) is 0 Å². The van der Waals surface area contributed by atoms with Gasteiger partial charge in [-0.05, 0) is 67.4 Å². The zero-order valence-corrected chi connectivity index (χ0v) is 21.8. The fraction of sp³-hybridized carbons (Fsp3) is 0.200. The minimum atomic E-state index is -0.974. The number of carbonyl (C=O) groups is 2. The first-order valence-electron chi connectivity index (χ1n) is 12.9. The molecule has 0 aliphatic heterocycles. The number of fused-ring (bicyclic) bond motifs is 2. The van der Waals surface area contributed by atoms with Gasteiger partial charge in [-0.3, -0.25) is 20.6 Å². The van der Waals surface area contributed by atoms with Crippen LogP contribution in [0.1, 0.15) is 58.9 Å². The van der Waals surface area contributed by atoms with Gasteiger partial charge in [0.1, 0.15) is 5.82 Å². The molecular formula is C30H26ClN5O3. The molecule has 0 radical (unpaired) electrons. The smallest absolute Gasteiger partial charge is 0.335 e. The van der Waals surface area contributed by atoms with Crippen molar-refractivity contribution in [2.75, 3.05) is 5.43 Å². The van der Waals surface area contributed by atoms with Crippen LogP contribution < -0.4 is 10.9 Å². The van der Waals surface area contributed by atoms with Crippen molar-refractivity contribution in [1.29, 1.82) is 0 Å². The maximum absolute atomic E-state index is 12.9. The van der Waals surface area contributed by atoms with E-state index in [-0.39, 0.29) is 11.5 Å². The summed E-state index contributed by atoms with van der Waals surface area (Å²) in [5.74, 6) is -0.475. The van der Waals surface area contributed by atoms with Crippen molar-refractivity contribution < 1.29 is 14.7 Å². The SMILES string of the molecule is O=C(O)c1ccc2c(c1)nc(-c1ccc(C(=O)NNc3ccnc4cc(Cl)ccc34)cc1)n2C1CCCCC1. The van der Waals surface area contributed by atoms with E-state index >= 15 is 0 Å². The first kappa shape index (κ1) is 24.9. The lowest BCUT2D eigenvalue weighted by Crippen LogP contribution is -2.29. The Balaban J connectivity index is 1.27. The Morgan fingerprint density at radius 3 is 2.44 bits per heavy atom. The van der Waals surface area contributed by atoms with Gasteiger partial charge in [-0.2, -0.15) is 0 Å². The fourth-order valence-electron chi connectivity index (χ4n) is 5.34.